The van der Waals surface area contributed by atoms with E-state index in [4.69, 9.17) is 4.74 Å². The van der Waals surface area contributed by atoms with Gasteiger partial charge in [0.1, 0.15) is 0 Å². The molecule has 1 heterocycles. The van der Waals surface area contributed by atoms with E-state index in [1.165, 1.54) is 36.6 Å². The van der Waals surface area contributed by atoms with E-state index in [1.54, 1.807) is 24.3 Å². The largest absolute Gasteiger partial charge is 0.478 e. The van der Waals surface area contributed by atoms with Crippen LogP contribution in [0.4, 0.5) is 5.13 Å². The number of amides is 1. The minimum absolute atomic E-state index is 0.128. The van der Waals surface area contributed by atoms with Crippen molar-refractivity contribution in [2.75, 3.05) is 25.6 Å². The number of carbonyl (C=O) groups excluding carboxylic acids is 1. The number of anilines is 1. The number of fused-ring (bicyclic) bond motifs is 1. The first-order valence-electron chi connectivity index (χ1n) is 11.8. The number of benzene rings is 2. The number of hydrogen-bond acceptors (Lipinski definition) is 7. The number of methoxy groups -OCH3 is 1. The Morgan fingerprint density at radius 1 is 1.17 bits per heavy atom. The Balaban J connectivity index is 1.55. The van der Waals surface area contributed by atoms with Gasteiger partial charge in [0.05, 0.1) is 33.2 Å². The average Bonchev–Trinajstić information content (AvgIpc) is 3.51. The molecule has 0 saturated heterocycles. The summed E-state index contributed by atoms with van der Waals surface area (Å²) in [6, 6.07) is 11.1. The second kappa shape index (κ2) is 11.5. The molecule has 0 spiro atoms. The van der Waals surface area contributed by atoms with Crippen molar-refractivity contribution in [3.63, 3.8) is 0 Å². The van der Waals surface area contributed by atoms with Gasteiger partial charge in [-0.15, -0.1) is 0 Å². The molecule has 1 saturated carbocycles. The van der Waals surface area contributed by atoms with Crippen LogP contribution in [0.2, 0.25) is 0 Å². The van der Waals surface area contributed by atoms with Gasteiger partial charge in [-0.2, -0.15) is 0 Å². The number of aromatic nitrogens is 1. The molecule has 9 nitrogen and oxygen atoms in total. The van der Waals surface area contributed by atoms with Crippen LogP contribution in [0.25, 0.3) is 10.2 Å². The molecule has 0 unspecified atom stereocenters. The summed E-state index contributed by atoms with van der Waals surface area (Å²) in [5.74, 6) is -1.28. The highest BCUT2D eigenvalue weighted by atomic mass is 32.2. The molecule has 1 aromatic heterocycles. The van der Waals surface area contributed by atoms with Gasteiger partial charge in [-0.25, -0.2) is 22.9 Å². The van der Waals surface area contributed by atoms with Crippen LogP contribution in [-0.4, -0.2) is 50.6 Å². The number of sulfonamides is 1. The Morgan fingerprint density at radius 3 is 2.56 bits per heavy atom. The van der Waals surface area contributed by atoms with Gasteiger partial charge in [0, 0.05) is 13.7 Å². The molecule has 3 aromatic rings. The van der Waals surface area contributed by atoms with E-state index in [2.05, 4.69) is 15.0 Å². The molecule has 1 aliphatic carbocycles. The predicted molar refractivity (Wildman–Crippen MR) is 138 cm³/mol. The van der Waals surface area contributed by atoms with Crippen molar-refractivity contribution in [1.29, 1.82) is 0 Å². The van der Waals surface area contributed by atoms with Crippen molar-refractivity contribution in [3.05, 3.63) is 53.6 Å². The van der Waals surface area contributed by atoms with Crippen molar-refractivity contribution < 1.29 is 27.9 Å². The van der Waals surface area contributed by atoms with Gasteiger partial charge < -0.3 is 15.2 Å². The summed E-state index contributed by atoms with van der Waals surface area (Å²) in [5, 5.41) is 12.5. The molecule has 0 aliphatic heterocycles. The van der Waals surface area contributed by atoms with Crippen LogP contribution < -0.4 is 10.0 Å². The van der Waals surface area contributed by atoms with Gasteiger partial charge in [0.25, 0.3) is 0 Å². The van der Waals surface area contributed by atoms with E-state index in [9.17, 15) is 23.1 Å². The molecular weight excluding hydrogens is 502 g/mol. The molecule has 1 atom stereocenters. The number of hydrogen-bond donors (Lipinski definition) is 3. The Hall–Kier alpha value is -2.86. The Morgan fingerprint density at radius 2 is 1.89 bits per heavy atom. The fraction of sp³-hybridized carbons (Fsp3) is 0.400. The van der Waals surface area contributed by atoms with Gasteiger partial charge in [-0.05, 0) is 48.2 Å². The number of carboxylic acid groups (broad SMARTS) is 1. The van der Waals surface area contributed by atoms with E-state index in [1.807, 2.05) is 0 Å². The first-order chi connectivity index (χ1) is 17.3. The maximum Gasteiger partial charge on any atom is 0.335 e. The summed E-state index contributed by atoms with van der Waals surface area (Å²) >= 11 is 1.22. The summed E-state index contributed by atoms with van der Waals surface area (Å²) in [6.45, 7) is 0.438. The standard InChI is InChI=1S/C25H29N3O6S2/c1-34-13-12-26-36(32,33)19-9-6-17(7-10-19)20(14-16-4-2-3-5-16)23(29)28-25-27-21-11-8-18(24(30)31)15-22(21)35-25/h6-11,15-16,20,26H,2-5,12-14H2,1H3,(H,30,31)(H,27,28,29)/t20-/m0/s1. The quantitative estimate of drug-likeness (QED) is 0.315. The SMILES string of the molecule is COCCNS(=O)(=O)c1ccc([C@H](CC2CCCC2)C(=O)Nc2nc3ccc(C(=O)O)cc3s2)cc1. The third-order valence-electron chi connectivity index (χ3n) is 6.42. The maximum atomic E-state index is 13.4. The number of ether oxygens (including phenoxy) is 1. The van der Waals surface area contributed by atoms with Crippen molar-refractivity contribution >= 4 is 48.6 Å². The third kappa shape index (κ3) is 6.28. The molecule has 4 rings (SSSR count). The molecule has 1 fully saturated rings. The lowest BCUT2D eigenvalue weighted by Crippen LogP contribution is -2.27. The fourth-order valence-electron chi connectivity index (χ4n) is 4.52. The molecule has 1 amide bonds. The summed E-state index contributed by atoms with van der Waals surface area (Å²) < 4.78 is 33.1. The van der Waals surface area contributed by atoms with Gasteiger partial charge in [-0.3, -0.25) is 4.79 Å². The third-order valence-corrected chi connectivity index (χ3v) is 8.83. The smallest absolute Gasteiger partial charge is 0.335 e. The van der Waals surface area contributed by atoms with E-state index in [-0.39, 0.29) is 29.5 Å². The lowest BCUT2D eigenvalue weighted by molar-refractivity contribution is -0.118. The molecule has 3 N–H and O–H groups in total. The van der Waals surface area contributed by atoms with Crippen molar-refractivity contribution in [2.45, 2.75) is 42.9 Å². The zero-order valence-corrected chi connectivity index (χ0v) is 21.5. The van der Waals surface area contributed by atoms with Gasteiger partial charge in [0.2, 0.25) is 15.9 Å². The molecule has 11 heteroatoms. The first-order valence-corrected chi connectivity index (χ1v) is 14.1. The average molecular weight is 532 g/mol. The molecular formula is C25H29N3O6S2. The Labute approximate surface area is 213 Å². The predicted octanol–water partition coefficient (Wildman–Crippen LogP) is 4.22. The summed E-state index contributed by atoms with van der Waals surface area (Å²) in [6.07, 6.45) is 5.09. The first kappa shape index (κ1) is 26.2. The van der Waals surface area contributed by atoms with Crippen molar-refractivity contribution in [3.8, 4) is 0 Å². The Kier molecular flexibility index (Phi) is 8.35. The van der Waals surface area contributed by atoms with Crippen LogP contribution in [0.3, 0.4) is 0 Å². The van der Waals surface area contributed by atoms with Gasteiger partial charge in [0.15, 0.2) is 5.13 Å². The van der Waals surface area contributed by atoms with Crippen LogP contribution >= 0.6 is 11.3 Å². The van der Waals surface area contributed by atoms with Crippen LogP contribution in [0.15, 0.2) is 47.4 Å². The van der Waals surface area contributed by atoms with Crippen LogP contribution in [0.1, 0.15) is 53.9 Å². The normalized spacial score (nSPS) is 15.2. The minimum atomic E-state index is -3.67. The monoisotopic (exact) mass is 531 g/mol. The molecule has 1 aliphatic rings. The van der Waals surface area contributed by atoms with E-state index in [0.29, 0.717) is 27.7 Å². The molecule has 36 heavy (non-hydrogen) atoms. The van der Waals surface area contributed by atoms with E-state index >= 15 is 0 Å². The van der Waals surface area contributed by atoms with E-state index < -0.39 is 21.9 Å². The highest BCUT2D eigenvalue weighted by molar-refractivity contribution is 7.89. The van der Waals surface area contributed by atoms with Gasteiger partial charge >= 0.3 is 5.97 Å². The highest BCUT2D eigenvalue weighted by Crippen LogP contribution is 2.36. The summed E-state index contributed by atoms with van der Waals surface area (Å²) in [7, 11) is -2.17. The number of nitrogens with one attached hydrogen (secondary N) is 2. The topological polar surface area (TPSA) is 135 Å². The zero-order valence-electron chi connectivity index (χ0n) is 19.9. The lowest BCUT2D eigenvalue weighted by Gasteiger charge is -2.20. The maximum absolute atomic E-state index is 13.4. The van der Waals surface area contributed by atoms with Crippen LogP contribution in [0, 0.1) is 5.92 Å². The number of aromatic carboxylic acids is 1. The highest BCUT2D eigenvalue weighted by Gasteiger charge is 2.28. The van der Waals surface area contributed by atoms with E-state index in [0.717, 1.165) is 31.2 Å². The van der Waals surface area contributed by atoms with Gasteiger partial charge in [-0.1, -0.05) is 49.2 Å². The van der Waals surface area contributed by atoms with Crippen LogP contribution in [0.5, 0.6) is 0 Å². The fourth-order valence-corrected chi connectivity index (χ4v) is 6.44. The van der Waals surface area contributed by atoms with Crippen LogP contribution in [-0.2, 0) is 19.6 Å². The number of nitrogens with zero attached hydrogens (tertiary/aromatic N) is 1. The lowest BCUT2D eigenvalue weighted by atomic mass is 9.87. The van der Waals surface area contributed by atoms with Crippen molar-refractivity contribution in [1.82, 2.24) is 9.71 Å². The molecule has 0 radical (unpaired) electrons. The second-order valence-electron chi connectivity index (χ2n) is 8.89. The summed E-state index contributed by atoms with van der Waals surface area (Å²) in [5.41, 5.74) is 1.52. The summed E-state index contributed by atoms with van der Waals surface area (Å²) in [4.78, 5) is 29.3. The molecule has 0 bridgehead atoms. The minimum Gasteiger partial charge on any atom is -0.478 e. The van der Waals surface area contributed by atoms with Crippen molar-refractivity contribution in [2.24, 2.45) is 5.92 Å². The number of carbonyl (C=O) groups is 2. The number of carboxylic acids is 1. The second-order valence-corrected chi connectivity index (χ2v) is 11.7. The number of thiazole rings is 1. The zero-order chi connectivity index (χ0) is 25.7. The number of rotatable bonds is 11. The Bertz CT molecular complexity index is 1330. The molecule has 192 valence electrons. The molecule has 2 aromatic carbocycles.